The number of fused-ring (bicyclic) bond motifs is 1. The van der Waals surface area contributed by atoms with Gasteiger partial charge in [0.25, 0.3) is 0 Å². The third kappa shape index (κ3) is 3.43. The van der Waals surface area contributed by atoms with Gasteiger partial charge in [0.2, 0.25) is 5.91 Å². The molecule has 0 aliphatic heterocycles. The van der Waals surface area contributed by atoms with Gasteiger partial charge in [0.15, 0.2) is 0 Å². The molecule has 0 fully saturated rings. The molecule has 1 heterocycles. The lowest BCUT2D eigenvalue weighted by Gasteiger charge is -2.07. The van der Waals surface area contributed by atoms with E-state index >= 15 is 0 Å². The molecule has 1 aromatic heterocycles. The molecule has 1 aromatic carbocycles. The van der Waals surface area contributed by atoms with E-state index in [0.717, 1.165) is 10.9 Å². The fourth-order valence-electron chi connectivity index (χ4n) is 1.89. The van der Waals surface area contributed by atoms with Crippen molar-refractivity contribution in [2.45, 2.75) is 6.92 Å². The van der Waals surface area contributed by atoms with Crippen LogP contribution in [-0.4, -0.2) is 30.7 Å². The molecule has 106 valence electrons. The molecule has 20 heavy (non-hydrogen) atoms. The van der Waals surface area contributed by atoms with Gasteiger partial charge in [-0.05, 0) is 24.6 Å². The Morgan fingerprint density at radius 2 is 2.15 bits per heavy atom. The maximum atomic E-state index is 11.6. The van der Waals surface area contributed by atoms with Crippen LogP contribution in [-0.2, 0) is 4.79 Å². The number of aliphatic hydroxyl groups excluding tert-OH is 1. The third-order valence-corrected chi connectivity index (χ3v) is 2.81. The normalized spacial score (nSPS) is 10.7. The van der Waals surface area contributed by atoms with Crippen molar-refractivity contribution in [3.05, 3.63) is 40.2 Å². The third-order valence-electron chi connectivity index (χ3n) is 2.81. The number of anilines is 1. The van der Waals surface area contributed by atoms with E-state index in [-0.39, 0.29) is 19.1 Å². The van der Waals surface area contributed by atoms with Crippen LogP contribution < -0.4 is 16.3 Å². The second kappa shape index (κ2) is 6.31. The van der Waals surface area contributed by atoms with E-state index in [9.17, 15) is 9.59 Å². The molecule has 2 aromatic rings. The van der Waals surface area contributed by atoms with Crippen molar-refractivity contribution in [3.8, 4) is 0 Å². The minimum absolute atomic E-state index is 0.0202. The highest BCUT2D eigenvalue weighted by atomic mass is 16.4. The van der Waals surface area contributed by atoms with Crippen molar-refractivity contribution in [2.24, 2.45) is 0 Å². The molecule has 0 unspecified atom stereocenters. The van der Waals surface area contributed by atoms with Crippen molar-refractivity contribution in [3.63, 3.8) is 0 Å². The van der Waals surface area contributed by atoms with E-state index in [1.165, 1.54) is 6.07 Å². The van der Waals surface area contributed by atoms with Crippen LogP contribution in [0.2, 0.25) is 0 Å². The average Bonchev–Trinajstić information content (AvgIpc) is 2.38. The molecule has 0 spiro atoms. The lowest BCUT2D eigenvalue weighted by molar-refractivity contribution is -0.115. The molecule has 0 atom stereocenters. The van der Waals surface area contributed by atoms with Gasteiger partial charge in [0.1, 0.15) is 5.58 Å². The summed E-state index contributed by atoms with van der Waals surface area (Å²) >= 11 is 0. The van der Waals surface area contributed by atoms with E-state index in [1.54, 1.807) is 18.2 Å². The SMILES string of the molecule is Cc1cc(=O)oc2cc(NC(=O)CNCCO)ccc12. The number of hydrogen-bond donors (Lipinski definition) is 3. The highest BCUT2D eigenvalue weighted by Crippen LogP contribution is 2.20. The molecule has 6 heteroatoms. The van der Waals surface area contributed by atoms with E-state index in [2.05, 4.69) is 10.6 Å². The van der Waals surface area contributed by atoms with E-state index in [4.69, 9.17) is 9.52 Å². The largest absolute Gasteiger partial charge is 0.423 e. The summed E-state index contributed by atoms with van der Waals surface area (Å²) in [5.74, 6) is -0.229. The molecule has 0 aliphatic rings. The Kier molecular flexibility index (Phi) is 4.49. The van der Waals surface area contributed by atoms with Crippen LogP contribution in [0.15, 0.2) is 33.5 Å². The minimum Gasteiger partial charge on any atom is -0.423 e. The zero-order valence-electron chi connectivity index (χ0n) is 11.1. The van der Waals surface area contributed by atoms with Gasteiger partial charge in [-0.15, -0.1) is 0 Å². The van der Waals surface area contributed by atoms with E-state index in [0.29, 0.717) is 17.8 Å². The fourth-order valence-corrected chi connectivity index (χ4v) is 1.89. The van der Waals surface area contributed by atoms with Crippen LogP contribution >= 0.6 is 0 Å². The Morgan fingerprint density at radius 1 is 1.35 bits per heavy atom. The minimum atomic E-state index is -0.414. The number of hydrogen-bond acceptors (Lipinski definition) is 5. The van der Waals surface area contributed by atoms with Crippen molar-refractivity contribution in [1.29, 1.82) is 0 Å². The zero-order chi connectivity index (χ0) is 14.5. The first-order valence-electron chi connectivity index (χ1n) is 6.26. The average molecular weight is 276 g/mol. The Labute approximate surface area is 115 Å². The maximum absolute atomic E-state index is 11.6. The standard InChI is InChI=1S/C14H16N2O4/c1-9-6-14(19)20-12-7-10(2-3-11(9)12)16-13(18)8-15-4-5-17/h2-3,6-7,15,17H,4-5,8H2,1H3,(H,16,18). The van der Waals surface area contributed by atoms with Crippen LogP contribution in [0, 0.1) is 6.92 Å². The number of aryl methyl sites for hydroxylation is 1. The summed E-state index contributed by atoms with van der Waals surface area (Å²) < 4.78 is 5.11. The Hall–Kier alpha value is -2.18. The highest BCUT2D eigenvalue weighted by Gasteiger charge is 2.06. The number of carbonyl (C=O) groups is 1. The number of amides is 1. The molecule has 0 aliphatic carbocycles. The van der Waals surface area contributed by atoms with Crippen LogP contribution in [0.5, 0.6) is 0 Å². The second-order valence-electron chi connectivity index (χ2n) is 4.41. The molecule has 0 saturated carbocycles. The van der Waals surface area contributed by atoms with Crippen molar-refractivity contribution >= 4 is 22.6 Å². The van der Waals surface area contributed by atoms with Gasteiger partial charge < -0.3 is 20.2 Å². The number of nitrogens with one attached hydrogen (secondary N) is 2. The van der Waals surface area contributed by atoms with Gasteiger partial charge in [-0.3, -0.25) is 4.79 Å². The maximum Gasteiger partial charge on any atom is 0.336 e. The molecule has 2 rings (SSSR count). The monoisotopic (exact) mass is 276 g/mol. The summed E-state index contributed by atoms with van der Waals surface area (Å²) in [6.45, 7) is 2.28. The first-order chi connectivity index (χ1) is 9.60. The second-order valence-corrected chi connectivity index (χ2v) is 4.41. The zero-order valence-corrected chi connectivity index (χ0v) is 11.1. The first-order valence-corrected chi connectivity index (χ1v) is 6.26. The highest BCUT2D eigenvalue weighted by molar-refractivity contribution is 5.94. The lowest BCUT2D eigenvalue weighted by Crippen LogP contribution is -2.29. The number of carbonyl (C=O) groups excluding carboxylic acids is 1. The van der Waals surface area contributed by atoms with Gasteiger partial charge in [-0.1, -0.05) is 0 Å². The summed E-state index contributed by atoms with van der Waals surface area (Å²) in [5, 5.41) is 14.9. The Morgan fingerprint density at radius 3 is 2.90 bits per heavy atom. The van der Waals surface area contributed by atoms with Gasteiger partial charge in [0, 0.05) is 29.8 Å². The Bertz CT molecular complexity index is 678. The number of aliphatic hydroxyl groups is 1. The summed E-state index contributed by atoms with van der Waals surface area (Å²) in [7, 11) is 0. The summed E-state index contributed by atoms with van der Waals surface area (Å²) in [4.78, 5) is 22.9. The first kappa shape index (κ1) is 14.2. The van der Waals surface area contributed by atoms with E-state index < -0.39 is 5.63 Å². The Balaban J connectivity index is 2.15. The van der Waals surface area contributed by atoms with Crippen molar-refractivity contribution in [1.82, 2.24) is 5.32 Å². The van der Waals surface area contributed by atoms with Gasteiger partial charge in [-0.2, -0.15) is 0 Å². The molecule has 6 nitrogen and oxygen atoms in total. The lowest BCUT2D eigenvalue weighted by atomic mass is 10.1. The van der Waals surface area contributed by atoms with Crippen molar-refractivity contribution < 1.29 is 14.3 Å². The molecule has 3 N–H and O–H groups in total. The van der Waals surface area contributed by atoms with Crippen LogP contribution in [0.3, 0.4) is 0 Å². The molecule has 0 radical (unpaired) electrons. The predicted molar refractivity (Wildman–Crippen MR) is 75.8 cm³/mol. The van der Waals surface area contributed by atoms with Gasteiger partial charge in [0.05, 0.1) is 13.2 Å². The molecule has 1 amide bonds. The van der Waals surface area contributed by atoms with Gasteiger partial charge in [-0.25, -0.2) is 4.79 Å². The topological polar surface area (TPSA) is 91.6 Å². The molecular formula is C14H16N2O4. The molecule has 0 saturated heterocycles. The molecule has 0 bridgehead atoms. The van der Waals surface area contributed by atoms with E-state index in [1.807, 2.05) is 6.92 Å². The quantitative estimate of drug-likeness (QED) is 0.550. The van der Waals surface area contributed by atoms with Crippen molar-refractivity contribution in [2.75, 3.05) is 25.0 Å². The van der Waals surface area contributed by atoms with Crippen LogP contribution in [0.25, 0.3) is 11.0 Å². The number of rotatable bonds is 5. The fraction of sp³-hybridized carbons (Fsp3) is 0.286. The summed E-state index contributed by atoms with van der Waals surface area (Å²) in [5.41, 5.74) is 1.42. The molecular weight excluding hydrogens is 260 g/mol. The number of benzene rings is 1. The van der Waals surface area contributed by atoms with Crippen LogP contribution in [0.4, 0.5) is 5.69 Å². The van der Waals surface area contributed by atoms with Crippen LogP contribution in [0.1, 0.15) is 5.56 Å². The summed E-state index contributed by atoms with van der Waals surface area (Å²) in [6.07, 6.45) is 0. The predicted octanol–water partition coefficient (Wildman–Crippen LogP) is 0.622. The summed E-state index contributed by atoms with van der Waals surface area (Å²) in [6, 6.07) is 6.59. The van der Waals surface area contributed by atoms with Gasteiger partial charge >= 0.3 is 5.63 Å². The smallest absolute Gasteiger partial charge is 0.336 e.